The van der Waals surface area contributed by atoms with Crippen LogP contribution in [0.3, 0.4) is 0 Å². The Hall–Kier alpha value is -1.88. The molecule has 2 aliphatic rings. The lowest BCUT2D eigenvalue weighted by Gasteiger charge is -2.38. The molecule has 0 radical (unpaired) electrons. The minimum atomic E-state index is -0.812. The number of amides is 1. The van der Waals surface area contributed by atoms with Gasteiger partial charge in [0.25, 0.3) is 0 Å². The second-order valence-electron chi connectivity index (χ2n) is 7.89. The van der Waals surface area contributed by atoms with Gasteiger partial charge in [0, 0.05) is 19.8 Å². The van der Waals surface area contributed by atoms with Gasteiger partial charge in [0.1, 0.15) is 0 Å². The molecule has 5 nitrogen and oxygen atoms in total. The number of carboxylic acids is 1. The third kappa shape index (κ3) is 3.63. The summed E-state index contributed by atoms with van der Waals surface area (Å²) in [4.78, 5) is 25.1. The maximum absolute atomic E-state index is 13.3. The van der Waals surface area contributed by atoms with Crippen molar-refractivity contribution in [3.05, 3.63) is 35.4 Å². The van der Waals surface area contributed by atoms with Crippen molar-refractivity contribution < 1.29 is 19.4 Å². The highest BCUT2D eigenvalue weighted by atomic mass is 16.5. The number of aliphatic carboxylic acids is 1. The maximum atomic E-state index is 13.3. The summed E-state index contributed by atoms with van der Waals surface area (Å²) < 4.78 is 5.50. The van der Waals surface area contributed by atoms with Gasteiger partial charge in [0.15, 0.2) is 0 Å². The topological polar surface area (TPSA) is 75.6 Å². The standard InChI is InChI=1S/C21H29NO4/c1-16-5-7-17(8-6-16)21(11-13-26-14-12-21)18(23)22-15-20(19(24)25)9-3-2-4-10-20/h5-8H,2-4,9-15H2,1H3,(H,22,23)(H,24,25). The van der Waals surface area contributed by atoms with Gasteiger partial charge in [0.05, 0.1) is 10.8 Å². The van der Waals surface area contributed by atoms with E-state index in [0.717, 1.165) is 30.4 Å². The van der Waals surface area contributed by atoms with Crippen molar-refractivity contribution in [3.63, 3.8) is 0 Å². The molecular formula is C21H29NO4. The zero-order valence-corrected chi connectivity index (χ0v) is 15.6. The van der Waals surface area contributed by atoms with Crippen molar-refractivity contribution in [1.82, 2.24) is 5.32 Å². The molecule has 1 aliphatic heterocycles. The largest absolute Gasteiger partial charge is 0.481 e. The molecule has 0 bridgehead atoms. The van der Waals surface area contributed by atoms with E-state index in [1.807, 2.05) is 31.2 Å². The predicted octanol–water partition coefficient (Wildman–Crippen LogP) is 3.19. The molecule has 0 spiro atoms. The number of carbonyl (C=O) groups excluding carboxylic acids is 1. The van der Waals surface area contributed by atoms with Gasteiger partial charge in [-0.2, -0.15) is 0 Å². The molecule has 5 heteroatoms. The van der Waals surface area contributed by atoms with E-state index in [0.29, 0.717) is 38.9 Å². The third-order valence-electron chi connectivity index (χ3n) is 6.24. The van der Waals surface area contributed by atoms with Crippen molar-refractivity contribution in [1.29, 1.82) is 0 Å². The zero-order valence-electron chi connectivity index (χ0n) is 15.6. The van der Waals surface area contributed by atoms with Gasteiger partial charge in [-0.25, -0.2) is 0 Å². The number of rotatable bonds is 5. The fraction of sp³-hybridized carbons (Fsp3) is 0.619. The van der Waals surface area contributed by atoms with Crippen molar-refractivity contribution >= 4 is 11.9 Å². The van der Waals surface area contributed by atoms with Crippen LogP contribution in [0, 0.1) is 12.3 Å². The second-order valence-corrected chi connectivity index (χ2v) is 7.89. The van der Waals surface area contributed by atoms with Crippen molar-refractivity contribution in [2.75, 3.05) is 19.8 Å². The van der Waals surface area contributed by atoms with Gasteiger partial charge in [-0.15, -0.1) is 0 Å². The summed E-state index contributed by atoms with van der Waals surface area (Å²) in [7, 11) is 0. The summed E-state index contributed by atoms with van der Waals surface area (Å²) in [5.74, 6) is -0.843. The SMILES string of the molecule is Cc1ccc(C2(C(=O)NCC3(C(=O)O)CCCCC3)CCOCC2)cc1. The van der Waals surface area contributed by atoms with Gasteiger partial charge in [-0.05, 0) is 38.2 Å². The monoisotopic (exact) mass is 359 g/mol. The number of hydrogen-bond donors (Lipinski definition) is 2. The molecule has 1 aromatic rings. The Labute approximate surface area is 155 Å². The van der Waals surface area contributed by atoms with Crippen LogP contribution in [0.25, 0.3) is 0 Å². The molecule has 1 aliphatic carbocycles. The van der Waals surface area contributed by atoms with Crippen LogP contribution in [0.4, 0.5) is 0 Å². The number of benzene rings is 1. The lowest BCUT2D eigenvalue weighted by atomic mass is 9.71. The first kappa shape index (κ1) is 18.9. The molecule has 1 saturated carbocycles. The van der Waals surface area contributed by atoms with Crippen LogP contribution < -0.4 is 5.32 Å². The molecule has 26 heavy (non-hydrogen) atoms. The van der Waals surface area contributed by atoms with Crippen molar-refractivity contribution in [3.8, 4) is 0 Å². The molecule has 1 aromatic carbocycles. The summed E-state index contributed by atoms with van der Waals surface area (Å²) in [5.41, 5.74) is 0.716. The maximum Gasteiger partial charge on any atom is 0.311 e. The van der Waals surface area contributed by atoms with Gasteiger partial charge in [0.2, 0.25) is 5.91 Å². The quantitative estimate of drug-likeness (QED) is 0.846. The Bertz CT molecular complexity index is 640. The van der Waals surface area contributed by atoms with Crippen LogP contribution in [0.5, 0.6) is 0 Å². The molecule has 3 rings (SSSR count). The van der Waals surface area contributed by atoms with Crippen LogP contribution in [0.15, 0.2) is 24.3 Å². The van der Waals surface area contributed by atoms with Gasteiger partial charge < -0.3 is 15.2 Å². The molecular weight excluding hydrogens is 330 g/mol. The van der Waals surface area contributed by atoms with E-state index in [-0.39, 0.29) is 12.5 Å². The van der Waals surface area contributed by atoms with E-state index >= 15 is 0 Å². The number of nitrogens with one attached hydrogen (secondary N) is 1. The second kappa shape index (κ2) is 7.78. The molecule has 1 saturated heterocycles. The Morgan fingerprint density at radius 2 is 1.65 bits per heavy atom. The van der Waals surface area contributed by atoms with E-state index in [9.17, 15) is 14.7 Å². The Morgan fingerprint density at radius 1 is 1.04 bits per heavy atom. The summed E-state index contributed by atoms with van der Waals surface area (Å²) in [5, 5.41) is 12.8. The average molecular weight is 359 g/mol. The Kier molecular flexibility index (Phi) is 5.66. The molecule has 2 N–H and O–H groups in total. The van der Waals surface area contributed by atoms with Gasteiger partial charge in [-0.1, -0.05) is 49.1 Å². The summed E-state index contributed by atoms with van der Waals surface area (Å²) in [6, 6.07) is 8.10. The first-order chi connectivity index (χ1) is 12.5. The first-order valence-corrected chi connectivity index (χ1v) is 9.65. The van der Waals surface area contributed by atoms with Crippen LogP contribution in [-0.2, 0) is 19.7 Å². The predicted molar refractivity (Wildman–Crippen MR) is 99.1 cm³/mol. The highest BCUT2D eigenvalue weighted by Crippen LogP contribution is 2.38. The van der Waals surface area contributed by atoms with Crippen LogP contribution in [0.2, 0.25) is 0 Å². The highest BCUT2D eigenvalue weighted by molar-refractivity contribution is 5.89. The highest BCUT2D eigenvalue weighted by Gasteiger charge is 2.44. The summed E-state index contributed by atoms with van der Waals surface area (Å²) in [6.07, 6.45) is 5.45. The number of aryl methyl sites for hydroxylation is 1. The number of carboxylic acid groups (broad SMARTS) is 1. The fourth-order valence-corrected chi connectivity index (χ4v) is 4.35. The zero-order chi connectivity index (χ0) is 18.6. The first-order valence-electron chi connectivity index (χ1n) is 9.65. The molecule has 142 valence electrons. The lowest BCUT2D eigenvalue weighted by Crippen LogP contribution is -2.52. The molecule has 0 unspecified atom stereocenters. The van der Waals surface area contributed by atoms with Gasteiger partial charge >= 0.3 is 5.97 Å². The van der Waals surface area contributed by atoms with E-state index in [1.54, 1.807) is 0 Å². The van der Waals surface area contributed by atoms with E-state index < -0.39 is 16.8 Å². The average Bonchev–Trinajstić information content (AvgIpc) is 2.67. The number of hydrogen-bond acceptors (Lipinski definition) is 3. The van der Waals surface area contributed by atoms with Crippen molar-refractivity contribution in [2.24, 2.45) is 5.41 Å². The minimum absolute atomic E-state index is 0.0594. The van der Waals surface area contributed by atoms with Crippen molar-refractivity contribution in [2.45, 2.75) is 57.3 Å². The van der Waals surface area contributed by atoms with Crippen LogP contribution in [-0.4, -0.2) is 36.7 Å². The summed E-state index contributed by atoms with van der Waals surface area (Å²) >= 11 is 0. The van der Waals surface area contributed by atoms with Crippen LogP contribution in [0.1, 0.15) is 56.1 Å². The molecule has 0 aromatic heterocycles. The normalized spacial score (nSPS) is 21.7. The van der Waals surface area contributed by atoms with E-state index in [1.165, 1.54) is 0 Å². The minimum Gasteiger partial charge on any atom is -0.481 e. The van der Waals surface area contributed by atoms with Gasteiger partial charge in [-0.3, -0.25) is 9.59 Å². The summed E-state index contributed by atoms with van der Waals surface area (Å²) in [6.45, 7) is 3.34. The molecule has 0 atom stereocenters. The molecule has 1 heterocycles. The Morgan fingerprint density at radius 3 is 2.23 bits per heavy atom. The lowest BCUT2D eigenvalue weighted by molar-refractivity contribution is -0.151. The Balaban J connectivity index is 1.79. The van der Waals surface area contributed by atoms with E-state index in [4.69, 9.17) is 4.74 Å². The smallest absolute Gasteiger partial charge is 0.311 e. The molecule has 2 fully saturated rings. The van der Waals surface area contributed by atoms with E-state index in [2.05, 4.69) is 5.32 Å². The number of ether oxygens (including phenoxy) is 1. The third-order valence-corrected chi connectivity index (χ3v) is 6.24. The molecule has 1 amide bonds. The number of carbonyl (C=O) groups is 2. The fourth-order valence-electron chi connectivity index (χ4n) is 4.35. The van der Waals surface area contributed by atoms with Crippen LogP contribution >= 0.6 is 0 Å².